The number of aliphatic hydroxyl groups is 1. The number of aliphatic hydroxyl groups excluding tert-OH is 1. The van der Waals surface area contributed by atoms with Gasteiger partial charge in [0.1, 0.15) is 0 Å². The lowest BCUT2D eigenvalue weighted by atomic mass is 9.96. The van der Waals surface area contributed by atoms with Crippen LogP contribution in [0.25, 0.3) is 0 Å². The van der Waals surface area contributed by atoms with Gasteiger partial charge in [0, 0.05) is 6.61 Å². The number of carbonyl (C=O) groups is 1. The van der Waals surface area contributed by atoms with E-state index in [1.165, 1.54) is 0 Å². The minimum atomic E-state index is -0.719. The van der Waals surface area contributed by atoms with Gasteiger partial charge in [0.2, 0.25) is 0 Å². The van der Waals surface area contributed by atoms with Crippen molar-refractivity contribution in [2.24, 2.45) is 11.7 Å². The maximum atomic E-state index is 10.3. The lowest BCUT2D eigenvalue weighted by molar-refractivity contribution is 0.142. The minimum Gasteiger partial charge on any atom is -0.450 e. The van der Waals surface area contributed by atoms with Crippen LogP contribution in [0.4, 0.5) is 4.79 Å². The largest absolute Gasteiger partial charge is 0.450 e. The van der Waals surface area contributed by atoms with Crippen molar-refractivity contribution in [1.29, 1.82) is 0 Å². The maximum absolute atomic E-state index is 10.3. The van der Waals surface area contributed by atoms with Crippen molar-refractivity contribution in [2.45, 2.75) is 39.0 Å². The first-order valence-electron chi connectivity index (χ1n) is 5.23. The molecule has 14 heavy (non-hydrogen) atoms. The van der Waals surface area contributed by atoms with Crippen molar-refractivity contribution in [3.63, 3.8) is 0 Å². The number of amides is 1. The van der Waals surface area contributed by atoms with Crippen LogP contribution >= 0.6 is 0 Å². The summed E-state index contributed by atoms with van der Waals surface area (Å²) in [5.74, 6) is 0.444. The van der Waals surface area contributed by atoms with Gasteiger partial charge >= 0.3 is 6.09 Å². The molecule has 0 aliphatic rings. The van der Waals surface area contributed by atoms with Crippen LogP contribution in [0.15, 0.2) is 0 Å². The molecule has 0 radical (unpaired) electrons. The number of hydrogen-bond acceptors (Lipinski definition) is 3. The molecule has 84 valence electrons. The van der Waals surface area contributed by atoms with Gasteiger partial charge in [0.25, 0.3) is 0 Å². The quantitative estimate of drug-likeness (QED) is 0.630. The summed E-state index contributed by atoms with van der Waals surface area (Å²) in [6.45, 7) is 2.70. The number of primary amides is 1. The highest BCUT2D eigenvalue weighted by atomic mass is 16.5. The highest BCUT2D eigenvalue weighted by Crippen LogP contribution is 2.16. The molecule has 0 saturated carbocycles. The molecule has 3 N–H and O–H groups in total. The fourth-order valence-electron chi connectivity index (χ4n) is 1.43. The van der Waals surface area contributed by atoms with Crippen LogP contribution in [0.2, 0.25) is 0 Å². The molecule has 0 spiro atoms. The second-order valence-corrected chi connectivity index (χ2v) is 3.48. The molecule has 4 nitrogen and oxygen atoms in total. The van der Waals surface area contributed by atoms with Gasteiger partial charge < -0.3 is 15.6 Å². The Morgan fingerprint density at radius 1 is 1.43 bits per heavy atom. The summed E-state index contributed by atoms with van der Waals surface area (Å²) in [6, 6.07) is 0. The lowest BCUT2D eigenvalue weighted by Gasteiger charge is -2.14. The molecule has 1 amide bonds. The van der Waals surface area contributed by atoms with Gasteiger partial charge in [-0.3, -0.25) is 0 Å². The highest BCUT2D eigenvalue weighted by Gasteiger charge is 2.08. The molecule has 1 unspecified atom stereocenters. The van der Waals surface area contributed by atoms with Crippen LogP contribution in [0.5, 0.6) is 0 Å². The third-order valence-electron chi connectivity index (χ3n) is 2.27. The van der Waals surface area contributed by atoms with Gasteiger partial charge in [-0.25, -0.2) is 4.79 Å². The molecule has 4 heteroatoms. The van der Waals surface area contributed by atoms with Gasteiger partial charge in [-0.2, -0.15) is 0 Å². The van der Waals surface area contributed by atoms with Crippen molar-refractivity contribution < 1.29 is 14.6 Å². The van der Waals surface area contributed by atoms with Crippen molar-refractivity contribution in [3.8, 4) is 0 Å². The average molecular weight is 203 g/mol. The first-order valence-corrected chi connectivity index (χ1v) is 5.23. The van der Waals surface area contributed by atoms with E-state index in [0.717, 1.165) is 32.1 Å². The van der Waals surface area contributed by atoms with Crippen LogP contribution in [0.1, 0.15) is 39.0 Å². The third-order valence-corrected chi connectivity index (χ3v) is 2.27. The summed E-state index contributed by atoms with van der Waals surface area (Å²) in [4.78, 5) is 10.3. The maximum Gasteiger partial charge on any atom is 0.404 e. The van der Waals surface area contributed by atoms with E-state index in [1.54, 1.807) is 0 Å². The van der Waals surface area contributed by atoms with E-state index in [-0.39, 0.29) is 6.61 Å². The Morgan fingerprint density at radius 3 is 2.64 bits per heavy atom. The van der Waals surface area contributed by atoms with Crippen LogP contribution in [-0.2, 0) is 4.74 Å². The molecule has 0 bridgehead atoms. The molecule has 0 rings (SSSR count). The van der Waals surface area contributed by atoms with Crippen molar-refractivity contribution in [2.75, 3.05) is 13.2 Å². The number of unbranched alkanes of at least 4 members (excludes halogenated alkanes) is 1. The number of ether oxygens (including phenoxy) is 1. The van der Waals surface area contributed by atoms with Crippen LogP contribution in [0.3, 0.4) is 0 Å². The normalized spacial score (nSPS) is 12.4. The monoisotopic (exact) mass is 203 g/mol. The SMILES string of the molecule is CCCCC(CCO)CCOC(N)=O. The van der Waals surface area contributed by atoms with E-state index in [1.807, 2.05) is 0 Å². The molecule has 0 aromatic carbocycles. The lowest BCUT2D eigenvalue weighted by Crippen LogP contribution is -2.16. The van der Waals surface area contributed by atoms with E-state index in [2.05, 4.69) is 11.7 Å². The summed E-state index contributed by atoms with van der Waals surface area (Å²) in [5.41, 5.74) is 4.84. The molecule has 0 heterocycles. The second kappa shape index (κ2) is 8.81. The Hall–Kier alpha value is -0.770. The number of nitrogens with two attached hydrogens (primary N) is 1. The molecule has 0 saturated heterocycles. The highest BCUT2D eigenvalue weighted by molar-refractivity contribution is 5.64. The first kappa shape index (κ1) is 13.2. The topological polar surface area (TPSA) is 72.6 Å². The fourth-order valence-corrected chi connectivity index (χ4v) is 1.43. The smallest absolute Gasteiger partial charge is 0.404 e. The molecule has 0 aliphatic carbocycles. The number of carbonyl (C=O) groups excluding carboxylic acids is 1. The Balaban J connectivity index is 3.55. The van der Waals surface area contributed by atoms with Gasteiger partial charge in [0.05, 0.1) is 6.61 Å². The summed E-state index contributed by atoms with van der Waals surface area (Å²) in [5, 5.41) is 8.81. The predicted molar refractivity (Wildman–Crippen MR) is 54.9 cm³/mol. The Morgan fingerprint density at radius 2 is 2.14 bits per heavy atom. The molecular formula is C10H21NO3. The van der Waals surface area contributed by atoms with Gasteiger partial charge in [-0.1, -0.05) is 26.2 Å². The van der Waals surface area contributed by atoms with E-state index in [9.17, 15) is 4.79 Å². The zero-order chi connectivity index (χ0) is 10.8. The minimum absolute atomic E-state index is 0.199. The number of rotatable bonds is 8. The number of hydrogen-bond donors (Lipinski definition) is 2. The van der Waals surface area contributed by atoms with E-state index in [0.29, 0.717) is 12.5 Å². The molecule has 0 fully saturated rings. The van der Waals surface area contributed by atoms with Crippen molar-refractivity contribution in [3.05, 3.63) is 0 Å². The average Bonchev–Trinajstić information content (AvgIpc) is 2.13. The zero-order valence-corrected chi connectivity index (χ0v) is 8.87. The summed E-state index contributed by atoms with van der Waals surface area (Å²) >= 11 is 0. The standard InChI is InChI=1S/C10H21NO3/c1-2-3-4-9(5-7-12)6-8-14-10(11)13/h9,12H,2-8H2,1H3,(H2,11,13). The molecule has 0 aliphatic heterocycles. The Labute approximate surface area is 85.4 Å². The van der Waals surface area contributed by atoms with Gasteiger partial charge in [-0.05, 0) is 18.8 Å². The van der Waals surface area contributed by atoms with Crippen LogP contribution in [-0.4, -0.2) is 24.4 Å². The Kier molecular flexibility index (Phi) is 8.33. The fraction of sp³-hybridized carbons (Fsp3) is 0.900. The molecule has 0 aromatic rings. The van der Waals surface area contributed by atoms with Crippen molar-refractivity contribution in [1.82, 2.24) is 0 Å². The van der Waals surface area contributed by atoms with Gasteiger partial charge in [-0.15, -0.1) is 0 Å². The molecule has 1 atom stereocenters. The summed E-state index contributed by atoms with van der Waals surface area (Å²) in [6.07, 6.45) is 4.24. The van der Waals surface area contributed by atoms with E-state index >= 15 is 0 Å². The van der Waals surface area contributed by atoms with Crippen LogP contribution < -0.4 is 5.73 Å². The molecular weight excluding hydrogens is 182 g/mol. The van der Waals surface area contributed by atoms with E-state index < -0.39 is 6.09 Å². The van der Waals surface area contributed by atoms with E-state index in [4.69, 9.17) is 10.8 Å². The summed E-state index contributed by atoms with van der Waals surface area (Å²) < 4.78 is 4.66. The summed E-state index contributed by atoms with van der Waals surface area (Å²) in [7, 11) is 0. The van der Waals surface area contributed by atoms with Crippen LogP contribution in [0, 0.1) is 5.92 Å². The molecule has 0 aromatic heterocycles. The van der Waals surface area contributed by atoms with Crippen molar-refractivity contribution >= 4 is 6.09 Å². The third kappa shape index (κ3) is 7.86. The Bertz CT molecular complexity index is 150. The second-order valence-electron chi connectivity index (χ2n) is 3.48. The predicted octanol–water partition coefficient (Wildman–Crippen LogP) is 1.66. The van der Waals surface area contributed by atoms with Gasteiger partial charge in [0.15, 0.2) is 0 Å². The zero-order valence-electron chi connectivity index (χ0n) is 8.87. The first-order chi connectivity index (χ1) is 6.70.